The molecule has 0 spiro atoms. The molecule has 0 bridgehead atoms. The highest BCUT2D eigenvalue weighted by atomic mass is 16.6. The normalized spacial score (nSPS) is 14.8. The van der Waals surface area contributed by atoms with Gasteiger partial charge in [0.25, 0.3) is 0 Å². The van der Waals surface area contributed by atoms with Crippen LogP contribution in [0.5, 0.6) is 0 Å². The summed E-state index contributed by atoms with van der Waals surface area (Å²) in [6.45, 7) is 6.76. The average Bonchev–Trinajstić information content (AvgIpc) is 3.21. The Hall–Kier alpha value is -3.39. The number of anilines is 2. The average molecular weight is 451 g/mol. The van der Waals surface area contributed by atoms with Gasteiger partial charge >= 0.3 is 6.09 Å². The predicted octanol–water partition coefficient (Wildman–Crippen LogP) is 4.74. The number of benzene rings is 1. The molecule has 33 heavy (non-hydrogen) atoms. The van der Waals surface area contributed by atoms with Crippen LogP contribution < -0.4 is 10.2 Å². The number of ether oxygens (including phenoxy) is 2. The Labute approximate surface area is 193 Å². The highest BCUT2D eigenvalue weighted by Crippen LogP contribution is 2.27. The zero-order chi connectivity index (χ0) is 23.6. The van der Waals surface area contributed by atoms with Crippen LogP contribution in [0.1, 0.15) is 33.6 Å². The number of carbonyl (C=O) groups excluding carboxylic acids is 2. The topological polar surface area (TPSA) is 85.2 Å². The van der Waals surface area contributed by atoms with E-state index in [0.717, 1.165) is 35.4 Å². The molecule has 0 radical (unpaired) electrons. The number of fused-ring (bicyclic) bond motifs is 1. The summed E-state index contributed by atoms with van der Waals surface area (Å²) in [5.74, 6) is -0.000910. The fourth-order valence-electron chi connectivity index (χ4n) is 3.78. The fourth-order valence-corrected chi connectivity index (χ4v) is 3.78. The lowest BCUT2D eigenvalue weighted by atomic mass is 9.99. The Balaban J connectivity index is 1.58. The lowest BCUT2D eigenvalue weighted by molar-refractivity contribution is -0.122. The quantitative estimate of drug-likeness (QED) is 0.621. The van der Waals surface area contributed by atoms with Crippen LogP contribution in [-0.4, -0.2) is 47.2 Å². The summed E-state index contributed by atoms with van der Waals surface area (Å²) in [4.78, 5) is 31.1. The molecule has 3 heterocycles. The summed E-state index contributed by atoms with van der Waals surface area (Å²) in [5.41, 5.74) is 3.35. The van der Waals surface area contributed by atoms with E-state index in [4.69, 9.17) is 9.47 Å². The maximum Gasteiger partial charge on any atom is 0.414 e. The second kappa shape index (κ2) is 9.23. The van der Waals surface area contributed by atoms with E-state index >= 15 is 0 Å². The highest BCUT2D eigenvalue weighted by molar-refractivity contribution is 5.93. The third-order valence-corrected chi connectivity index (χ3v) is 5.56. The molecule has 1 saturated heterocycles. The molecule has 0 unspecified atom stereocenters. The van der Waals surface area contributed by atoms with Crippen LogP contribution in [0, 0.1) is 5.92 Å². The van der Waals surface area contributed by atoms with Crippen LogP contribution >= 0.6 is 0 Å². The molecule has 8 nitrogen and oxygen atoms in total. The molecule has 1 fully saturated rings. The number of rotatable bonds is 4. The smallest absolute Gasteiger partial charge is 0.414 e. The van der Waals surface area contributed by atoms with Gasteiger partial charge in [-0.2, -0.15) is 0 Å². The van der Waals surface area contributed by atoms with Crippen molar-refractivity contribution in [2.45, 2.75) is 39.2 Å². The van der Waals surface area contributed by atoms with Gasteiger partial charge in [-0.1, -0.05) is 12.1 Å². The molecular weight excluding hydrogens is 420 g/mol. The van der Waals surface area contributed by atoms with Crippen LogP contribution in [0.3, 0.4) is 0 Å². The fraction of sp³-hybridized carbons (Fsp3) is 0.400. The molecule has 2 aromatic heterocycles. The van der Waals surface area contributed by atoms with E-state index in [0.29, 0.717) is 18.9 Å². The Bertz CT molecular complexity index is 1160. The van der Waals surface area contributed by atoms with Gasteiger partial charge in [0.05, 0.1) is 17.6 Å². The second-order valence-corrected chi connectivity index (χ2v) is 9.25. The summed E-state index contributed by atoms with van der Waals surface area (Å²) in [5, 5.41) is 3.03. The lowest BCUT2D eigenvalue weighted by Crippen LogP contribution is -2.34. The number of carbonyl (C=O) groups is 2. The van der Waals surface area contributed by atoms with Crippen molar-refractivity contribution in [3.8, 4) is 11.3 Å². The van der Waals surface area contributed by atoms with Gasteiger partial charge in [0.1, 0.15) is 11.2 Å². The standard InChI is InChI=1S/C25H30N4O4/c1-25(2,3)33-24(31)28(4)20-8-9-22-26-15-21(29(22)16-20)18-6-5-7-19(14-18)27-23(30)17-10-12-32-13-11-17/h5-9,14-17H,10-13H2,1-4H3,(H,27,30). The second-order valence-electron chi connectivity index (χ2n) is 9.25. The molecule has 8 heteroatoms. The third-order valence-electron chi connectivity index (χ3n) is 5.56. The van der Waals surface area contributed by atoms with Gasteiger partial charge in [0.2, 0.25) is 5.91 Å². The zero-order valence-corrected chi connectivity index (χ0v) is 19.5. The van der Waals surface area contributed by atoms with Gasteiger partial charge in [-0.3, -0.25) is 14.1 Å². The minimum atomic E-state index is -0.578. The summed E-state index contributed by atoms with van der Waals surface area (Å²) in [6, 6.07) is 11.4. The number of amides is 2. The van der Waals surface area contributed by atoms with Crippen molar-refractivity contribution in [3.05, 3.63) is 48.8 Å². The van der Waals surface area contributed by atoms with Crippen molar-refractivity contribution in [1.82, 2.24) is 9.38 Å². The van der Waals surface area contributed by atoms with Gasteiger partial charge in [0.15, 0.2) is 0 Å². The van der Waals surface area contributed by atoms with Crippen molar-refractivity contribution < 1.29 is 19.1 Å². The SMILES string of the molecule is CN(C(=O)OC(C)(C)C)c1ccc2ncc(-c3cccc(NC(=O)C4CCOCC4)c3)n2c1. The van der Waals surface area contributed by atoms with Crippen LogP contribution in [0.25, 0.3) is 16.9 Å². The predicted molar refractivity (Wildman–Crippen MR) is 127 cm³/mol. The highest BCUT2D eigenvalue weighted by Gasteiger charge is 2.23. The molecule has 1 aliphatic rings. The van der Waals surface area contributed by atoms with Crippen molar-refractivity contribution in [3.63, 3.8) is 0 Å². The van der Waals surface area contributed by atoms with E-state index in [9.17, 15) is 9.59 Å². The molecule has 3 aromatic rings. The molecule has 0 aliphatic carbocycles. The number of pyridine rings is 1. The molecule has 1 aliphatic heterocycles. The van der Waals surface area contributed by atoms with E-state index in [1.807, 2.05) is 67.8 Å². The van der Waals surface area contributed by atoms with Crippen LogP contribution in [0.4, 0.5) is 16.2 Å². The first-order valence-corrected chi connectivity index (χ1v) is 11.1. The molecule has 4 rings (SSSR count). The first kappa shape index (κ1) is 22.8. The third kappa shape index (κ3) is 5.34. The minimum Gasteiger partial charge on any atom is -0.443 e. The maximum absolute atomic E-state index is 12.6. The summed E-state index contributed by atoms with van der Waals surface area (Å²) < 4.78 is 12.8. The molecular formula is C25H30N4O4. The van der Waals surface area contributed by atoms with Crippen LogP contribution in [0.2, 0.25) is 0 Å². The molecule has 2 amide bonds. The van der Waals surface area contributed by atoms with E-state index < -0.39 is 11.7 Å². The Morgan fingerprint density at radius 3 is 2.67 bits per heavy atom. The Morgan fingerprint density at radius 2 is 1.94 bits per heavy atom. The summed E-state index contributed by atoms with van der Waals surface area (Å²) in [7, 11) is 1.68. The molecule has 1 N–H and O–H groups in total. The number of nitrogens with zero attached hydrogens (tertiary/aromatic N) is 3. The largest absolute Gasteiger partial charge is 0.443 e. The molecule has 174 valence electrons. The van der Waals surface area contributed by atoms with Crippen molar-refractivity contribution in [2.24, 2.45) is 5.92 Å². The summed E-state index contributed by atoms with van der Waals surface area (Å²) >= 11 is 0. The van der Waals surface area contributed by atoms with Gasteiger partial charge < -0.3 is 14.8 Å². The number of imidazole rings is 1. The van der Waals surface area contributed by atoms with Crippen molar-refractivity contribution in [1.29, 1.82) is 0 Å². The minimum absolute atomic E-state index is 0.0230. The van der Waals surface area contributed by atoms with Gasteiger partial charge in [-0.15, -0.1) is 0 Å². The van der Waals surface area contributed by atoms with Gasteiger partial charge in [-0.25, -0.2) is 9.78 Å². The van der Waals surface area contributed by atoms with E-state index in [2.05, 4.69) is 10.3 Å². The van der Waals surface area contributed by atoms with Crippen LogP contribution in [0.15, 0.2) is 48.8 Å². The van der Waals surface area contributed by atoms with Gasteiger partial charge in [-0.05, 0) is 57.9 Å². The molecule has 0 saturated carbocycles. The van der Waals surface area contributed by atoms with E-state index in [-0.39, 0.29) is 11.8 Å². The zero-order valence-electron chi connectivity index (χ0n) is 19.5. The maximum atomic E-state index is 12.6. The number of aromatic nitrogens is 2. The monoisotopic (exact) mass is 450 g/mol. The van der Waals surface area contributed by atoms with Crippen molar-refractivity contribution >= 4 is 29.0 Å². The lowest BCUT2D eigenvalue weighted by Gasteiger charge is -2.24. The van der Waals surface area contributed by atoms with E-state index in [1.54, 1.807) is 13.2 Å². The number of hydrogen-bond donors (Lipinski definition) is 1. The summed E-state index contributed by atoms with van der Waals surface area (Å²) in [6.07, 6.45) is 4.70. The van der Waals surface area contributed by atoms with Crippen LogP contribution in [-0.2, 0) is 14.3 Å². The molecule has 0 atom stereocenters. The Morgan fingerprint density at radius 1 is 1.18 bits per heavy atom. The van der Waals surface area contributed by atoms with E-state index in [1.165, 1.54) is 4.90 Å². The Kier molecular flexibility index (Phi) is 6.37. The first-order chi connectivity index (χ1) is 15.7. The van der Waals surface area contributed by atoms with Crippen molar-refractivity contribution in [2.75, 3.05) is 30.5 Å². The number of nitrogens with one attached hydrogen (secondary N) is 1. The number of hydrogen-bond acceptors (Lipinski definition) is 5. The molecule has 1 aromatic carbocycles. The first-order valence-electron chi connectivity index (χ1n) is 11.1. The van der Waals surface area contributed by atoms with Gasteiger partial charge in [0, 0.05) is 43.6 Å².